The van der Waals surface area contributed by atoms with E-state index < -0.39 is 0 Å². The van der Waals surface area contributed by atoms with Crippen LogP contribution in [0.15, 0.2) is 0 Å². The molecule has 0 aromatic heterocycles. The lowest BCUT2D eigenvalue weighted by Crippen LogP contribution is -2.49. The number of aliphatic hydroxyl groups is 1. The Morgan fingerprint density at radius 1 is 1.26 bits per heavy atom. The highest BCUT2D eigenvalue weighted by atomic mass is 16.3. The summed E-state index contributed by atoms with van der Waals surface area (Å²) in [6, 6.07) is -0.0140. The average molecular weight is 268 g/mol. The normalized spacial score (nSPS) is 35.9. The van der Waals surface area contributed by atoms with E-state index in [4.69, 9.17) is 0 Å². The van der Waals surface area contributed by atoms with Crippen molar-refractivity contribution >= 4 is 5.91 Å². The average Bonchev–Trinajstić information content (AvgIpc) is 2.45. The summed E-state index contributed by atoms with van der Waals surface area (Å²) in [4.78, 5) is 12.1. The second-order valence-corrected chi connectivity index (χ2v) is 6.37. The zero-order valence-electron chi connectivity index (χ0n) is 12.0. The van der Waals surface area contributed by atoms with Crippen LogP contribution in [0, 0.1) is 17.8 Å². The molecule has 3 N–H and O–H groups in total. The maximum atomic E-state index is 12.1. The first-order valence-electron chi connectivity index (χ1n) is 7.82. The van der Waals surface area contributed by atoms with Crippen molar-refractivity contribution in [2.24, 2.45) is 17.8 Å². The molecule has 0 aromatic carbocycles. The van der Waals surface area contributed by atoms with Crippen molar-refractivity contribution in [3.05, 3.63) is 0 Å². The first-order chi connectivity index (χ1) is 9.20. The number of carbonyl (C=O) groups is 1. The number of nitrogens with one attached hydrogen (secondary N) is 2. The second-order valence-electron chi connectivity index (χ2n) is 6.37. The van der Waals surface area contributed by atoms with Crippen LogP contribution in [0.1, 0.15) is 45.4 Å². The van der Waals surface area contributed by atoms with Crippen molar-refractivity contribution in [3.8, 4) is 0 Å². The van der Waals surface area contributed by atoms with E-state index in [0.717, 1.165) is 32.4 Å². The molecular weight excluding hydrogens is 240 g/mol. The number of hydrogen-bond acceptors (Lipinski definition) is 3. The summed E-state index contributed by atoms with van der Waals surface area (Å²) < 4.78 is 0. The predicted octanol–water partition coefficient (Wildman–Crippen LogP) is 1.29. The molecule has 2 fully saturated rings. The third-order valence-electron chi connectivity index (χ3n) is 4.82. The quantitative estimate of drug-likeness (QED) is 0.720. The Hall–Kier alpha value is -0.610. The van der Waals surface area contributed by atoms with Gasteiger partial charge in [-0.15, -0.1) is 0 Å². The fraction of sp³-hybridized carbons (Fsp3) is 0.933. The summed E-state index contributed by atoms with van der Waals surface area (Å²) >= 11 is 0. The monoisotopic (exact) mass is 268 g/mol. The Balaban J connectivity index is 1.75. The molecule has 4 unspecified atom stereocenters. The van der Waals surface area contributed by atoms with E-state index >= 15 is 0 Å². The van der Waals surface area contributed by atoms with Gasteiger partial charge in [-0.3, -0.25) is 4.79 Å². The van der Waals surface area contributed by atoms with Gasteiger partial charge in [-0.1, -0.05) is 19.8 Å². The molecule has 0 aromatic rings. The van der Waals surface area contributed by atoms with Gasteiger partial charge in [0.1, 0.15) is 0 Å². The molecule has 4 heteroatoms. The van der Waals surface area contributed by atoms with Crippen LogP contribution < -0.4 is 10.6 Å². The summed E-state index contributed by atoms with van der Waals surface area (Å²) in [5.74, 6) is 1.63. The van der Waals surface area contributed by atoms with Crippen molar-refractivity contribution in [3.63, 3.8) is 0 Å². The minimum absolute atomic E-state index is 0.0140. The van der Waals surface area contributed by atoms with Gasteiger partial charge < -0.3 is 15.7 Å². The SMILES string of the molecule is CC1CCNC(C(=O)NCC2CCCCC2CO)C1. The minimum Gasteiger partial charge on any atom is -0.396 e. The van der Waals surface area contributed by atoms with Gasteiger partial charge in [0.05, 0.1) is 6.04 Å². The molecule has 1 heterocycles. The molecule has 0 spiro atoms. The highest BCUT2D eigenvalue weighted by Crippen LogP contribution is 2.29. The second kappa shape index (κ2) is 7.25. The fourth-order valence-corrected chi connectivity index (χ4v) is 3.46. The lowest BCUT2D eigenvalue weighted by atomic mass is 9.79. The number of rotatable bonds is 4. The zero-order chi connectivity index (χ0) is 13.7. The van der Waals surface area contributed by atoms with Gasteiger partial charge in [-0.2, -0.15) is 0 Å². The summed E-state index contributed by atoms with van der Waals surface area (Å²) in [7, 11) is 0. The molecule has 2 aliphatic rings. The third kappa shape index (κ3) is 4.18. The highest BCUT2D eigenvalue weighted by Gasteiger charge is 2.27. The lowest BCUT2D eigenvalue weighted by Gasteiger charge is -2.32. The van der Waals surface area contributed by atoms with Crippen LogP contribution in [-0.2, 0) is 4.79 Å². The van der Waals surface area contributed by atoms with Gasteiger partial charge in [-0.05, 0) is 50.0 Å². The van der Waals surface area contributed by atoms with E-state index in [1.807, 2.05) is 0 Å². The molecule has 1 aliphatic carbocycles. The largest absolute Gasteiger partial charge is 0.396 e. The van der Waals surface area contributed by atoms with Crippen molar-refractivity contribution in [2.45, 2.75) is 51.5 Å². The Morgan fingerprint density at radius 3 is 2.68 bits per heavy atom. The molecule has 1 saturated carbocycles. The molecule has 1 aliphatic heterocycles. The molecule has 2 rings (SSSR count). The summed E-state index contributed by atoms with van der Waals surface area (Å²) in [5, 5.41) is 15.8. The number of hydrogen-bond donors (Lipinski definition) is 3. The molecular formula is C15H28N2O2. The third-order valence-corrected chi connectivity index (χ3v) is 4.82. The van der Waals surface area contributed by atoms with Gasteiger partial charge in [0.15, 0.2) is 0 Å². The topological polar surface area (TPSA) is 61.4 Å². The molecule has 0 radical (unpaired) electrons. The highest BCUT2D eigenvalue weighted by molar-refractivity contribution is 5.81. The first kappa shape index (κ1) is 14.8. The van der Waals surface area contributed by atoms with Gasteiger partial charge >= 0.3 is 0 Å². The van der Waals surface area contributed by atoms with E-state index in [-0.39, 0.29) is 18.6 Å². The van der Waals surface area contributed by atoms with Crippen LogP contribution in [0.5, 0.6) is 0 Å². The fourth-order valence-electron chi connectivity index (χ4n) is 3.46. The van der Waals surface area contributed by atoms with Crippen molar-refractivity contribution in [1.29, 1.82) is 0 Å². The summed E-state index contributed by atoms with van der Waals surface area (Å²) in [6.07, 6.45) is 6.81. The van der Waals surface area contributed by atoms with Crippen LogP contribution >= 0.6 is 0 Å². The van der Waals surface area contributed by atoms with Gasteiger partial charge in [-0.25, -0.2) is 0 Å². The molecule has 4 nitrogen and oxygen atoms in total. The van der Waals surface area contributed by atoms with E-state index in [1.165, 1.54) is 19.3 Å². The van der Waals surface area contributed by atoms with Crippen LogP contribution in [-0.4, -0.2) is 36.8 Å². The van der Waals surface area contributed by atoms with E-state index in [9.17, 15) is 9.90 Å². The Morgan fingerprint density at radius 2 is 2.00 bits per heavy atom. The van der Waals surface area contributed by atoms with Crippen molar-refractivity contribution in [2.75, 3.05) is 19.7 Å². The van der Waals surface area contributed by atoms with Crippen LogP contribution in [0.2, 0.25) is 0 Å². The first-order valence-corrected chi connectivity index (χ1v) is 7.82. The molecule has 4 atom stereocenters. The van der Waals surface area contributed by atoms with Crippen LogP contribution in [0.4, 0.5) is 0 Å². The zero-order valence-corrected chi connectivity index (χ0v) is 12.0. The summed E-state index contributed by atoms with van der Waals surface area (Å²) in [6.45, 7) is 4.15. The standard InChI is InChI=1S/C15H28N2O2/c1-11-6-7-16-14(8-11)15(19)17-9-12-4-2-3-5-13(12)10-18/h11-14,16,18H,2-10H2,1H3,(H,17,19). The number of aliphatic hydroxyl groups excluding tert-OH is 1. The number of amides is 1. The van der Waals surface area contributed by atoms with Crippen molar-refractivity contribution < 1.29 is 9.90 Å². The maximum Gasteiger partial charge on any atom is 0.237 e. The Labute approximate surface area is 116 Å². The smallest absolute Gasteiger partial charge is 0.237 e. The minimum atomic E-state index is -0.0140. The number of carbonyl (C=O) groups excluding carboxylic acids is 1. The van der Waals surface area contributed by atoms with E-state index in [2.05, 4.69) is 17.6 Å². The molecule has 1 saturated heterocycles. The molecule has 1 amide bonds. The molecule has 110 valence electrons. The van der Waals surface area contributed by atoms with E-state index in [0.29, 0.717) is 17.8 Å². The van der Waals surface area contributed by atoms with E-state index in [1.54, 1.807) is 0 Å². The summed E-state index contributed by atoms with van der Waals surface area (Å²) in [5.41, 5.74) is 0. The lowest BCUT2D eigenvalue weighted by molar-refractivity contribution is -0.124. The van der Waals surface area contributed by atoms with Gasteiger partial charge in [0, 0.05) is 13.2 Å². The van der Waals surface area contributed by atoms with Gasteiger partial charge in [0.2, 0.25) is 5.91 Å². The van der Waals surface area contributed by atoms with Crippen LogP contribution in [0.3, 0.4) is 0 Å². The van der Waals surface area contributed by atoms with Crippen LogP contribution in [0.25, 0.3) is 0 Å². The molecule has 0 bridgehead atoms. The predicted molar refractivity (Wildman–Crippen MR) is 75.7 cm³/mol. The number of piperidine rings is 1. The van der Waals surface area contributed by atoms with Gasteiger partial charge in [0.25, 0.3) is 0 Å². The molecule has 19 heavy (non-hydrogen) atoms. The van der Waals surface area contributed by atoms with Crippen molar-refractivity contribution in [1.82, 2.24) is 10.6 Å². The Bertz CT molecular complexity index is 296. The maximum absolute atomic E-state index is 12.1. The Kier molecular flexibility index (Phi) is 5.64.